The molecule has 29 heavy (non-hydrogen) atoms. The molecule has 1 aliphatic rings. The Balaban J connectivity index is 2.40. The molecule has 0 saturated heterocycles. The van der Waals surface area contributed by atoms with Crippen molar-refractivity contribution in [2.75, 3.05) is 32.2 Å². The van der Waals surface area contributed by atoms with Crippen LogP contribution >= 0.6 is 0 Å². The Kier molecular flexibility index (Phi) is 5.24. The summed E-state index contributed by atoms with van der Waals surface area (Å²) in [5.41, 5.74) is 3.44. The van der Waals surface area contributed by atoms with E-state index in [0.717, 1.165) is 12.1 Å². The Morgan fingerprint density at radius 1 is 0.690 bits per heavy atom. The fraction of sp³-hybridized carbons (Fsp3) is 0.222. The number of hydrogen-bond acceptors (Lipinski definition) is 11. The predicted octanol–water partition coefficient (Wildman–Crippen LogP) is 0.808. The molecule has 0 saturated carbocycles. The summed E-state index contributed by atoms with van der Waals surface area (Å²) in [6.07, 6.45) is 0. The number of phenolic OH excluding ortho intramolecular Hbond substituents is 5. The normalized spacial score (nSPS) is 15.0. The zero-order chi connectivity index (χ0) is 21.3. The second-order valence-corrected chi connectivity index (χ2v) is 5.98. The first-order chi connectivity index (χ1) is 13.7. The van der Waals surface area contributed by atoms with Crippen molar-refractivity contribution in [3.8, 4) is 39.9 Å². The van der Waals surface area contributed by atoms with Crippen molar-refractivity contribution in [2.24, 2.45) is 0 Å². The van der Waals surface area contributed by atoms with Crippen molar-refractivity contribution in [1.29, 1.82) is 0 Å². The first-order valence-corrected chi connectivity index (χ1v) is 8.28. The van der Waals surface area contributed by atoms with Gasteiger partial charge in [-0.15, -0.1) is 0 Å². The number of phenols is 5. The van der Waals surface area contributed by atoms with Crippen molar-refractivity contribution in [1.82, 2.24) is 0 Å². The van der Waals surface area contributed by atoms with E-state index in [0.29, 0.717) is 0 Å². The Bertz CT molecular complexity index is 922. The van der Waals surface area contributed by atoms with E-state index in [-0.39, 0.29) is 26.4 Å². The van der Waals surface area contributed by atoms with Crippen molar-refractivity contribution in [3.05, 3.63) is 23.3 Å². The highest BCUT2D eigenvalue weighted by Gasteiger charge is 2.31. The SMILES string of the molecule is Nc1c(O)c(O)cc2c1-c1c(cc(O)c(O)c1O)C(=O)OCCOCCOC2=O. The van der Waals surface area contributed by atoms with Crippen LogP contribution in [0.2, 0.25) is 0 Å². The largest absolute Gasteiger partial charge is 0.504 e. The summed E-state index contributed by atoms with van der Waals surface area (Å²) in [7, 11) is 0. The van der Waals surface area contributed by atoms with E-state index in [1.165, 1.54) is 0 Å². The van der Waals surface area contributed by atoms with Crippen LogP contribution in [0.5, 0.6) is 28.7 Å². The highest BCUT2D eigenvalue weighted by Crippen LogP contribution is 2.51. The molecule has 1 aliphatic heterocycles. The lowest BCUT2D eigenvalue weighted by Crippen LogP contribution is -2.14. The van der Waals surface area contributed by atoms with Crippen molar-refractivity contribution in [2.45, 2.75) is 0 Å². The molecule has 0 spiro atoms. The van der Waals surface area contributed by atoms with Gasteiger partial charge in [-0.05, 0) is 12.1 Å². The maximum absolute atomic E-state index is 12.5. The Morgan fingerprint density at radius 2 is 1.17 bits per heavy atom. The molecule has 11 heteroatoms. The lowest BCUT2D eigenvalue weighted by molar-refractivity contribution is 0.0153. The molecule has 0 amide bonds. The van der Waals surface area contributed by atoms with Gasteiger partial charge >= 0.3 is 11.9 Å². The van der Waals surface area contributed by atoms with Crippen LogP contribution in [0.4, 0.5) is 5.69 Å². The molecule has 7 N–H and O–H groups in total. The van der Waals surface area contributed by atoms with Gasteiger partial charge < -0.3 is 45.5 Å². The number of aromatic hydroxyl groups is 5. The van der Waals surface area contributed by atoms with Gasteiger partial charge in [-0.3, -0.25) is 0 Å². The van der Waals surface area contributed by atoms with E-state index in [1.54, 1.807) is 0 Å². The van der Waals surface area contributed by atoms with E-state index < -0.39 is 68.6 Å². The second kappa shape index (κ2) is 7.64. The number of nitrogens with two attached hydrogens (primary N) is 1. The Morgan fingerprint density at radius 3 is 1.72 bits per heavy atom. The van der Waals surface area contributed by atoms with Crippen LogP contribution in [0.25, 0.3) is 11.1 Å². The maximum Gasteiger partial charge on any atom is 0.339 e. The number of ether oxygens (including phenoxy) is 3. The third-order valence-electron chi connectivity index (χ3n) is 4.18. The molecular weight excluding hydrogens is 390 g/mol. The van der Waals surface area contributed by atoms with Gasteiger partial charge in [0.1, 0.15) is 13.2 Å². The van der Waals surface area contributed by atoms with Gasteiger partial charge in [0.05, 0.1) is 30.0 Å². The van der Waals surface area contributed by atoms with Crippen LogP contribution in [0.1, 0.15) is 20.7 Å². The van der Waals surface area contributed by atoms with Gasteiger partial charge in [0.15, 0.2) is 23.0 Å². The first kappa shape index (κ1) is 19.9. The van der Waals surface area contributed by atoms with Crippen molar-refractivity contribution < 1.29 is 49.3 Å². The van der Waals surface area contributed by atoms with Gasteiger partial charge in [-0.25, -0.2) is 9.59 Å². The molecule has 0 radical (unpaired) electrons. The van der Waals surface area contributed by atoms with Crippen LogP contribution in [0, 0.1) is 0 Å². The first-order valence-electron chi connectivity index (χ1n) is 8.28. The molecular formula is C18H17NO10. The fourth-order valence-electron chi connectivity index (χ4n) is 2.81. The molecule has 0 aromatic heterocycles. The molecule has 0 unspecified atom stereocenters. The number of rotatable bonds is 0. The highest BCUT2D eigenvalue weighted by molar-refractivity contribution is 6.09. The Hall–Kier alpha value is -3.86. The summed E-state index contributed by atoms with van der Waals surface area (Å²) in [5.74, 6) is -6.51. The topological polar surface area (TPSA) is 189 Å². The van der Waals surface area contributed by atoms with Gasteiger partial charge in [-0.1, -0.05) is 0 Å². The molecule has 3 rings (SSSR count). The summed E-state index contributed by atoms with van der Waals surface area (Å²) < 4.78 is 15.2. The van der Waals surface area contributed by atoms with E-state index in [2.05, 4.69) is 0 Å². The maximum atomic E-state index is 12.5. The standard InChI is InChI=1S/C18H17NO10/c19-13-11-7(5-9(20)14(13)22)17(25)28-3-1-27-2-4-29-18(26)8-6-10(21)15(23)16(24)12(8)11/h5-6,20-24H,1-4,19H2. The van der Waals surface area contributed by atoms with Gasteiger partial charge in [0.2, 0.25) is 5.75 Å². The molecule has 2 aromatic rings. The van der Waals surface area contributed by atoms with Crippen molar-refractivity contribution in [3.63, 3.8) is 0 Å². The average Bonchev–Trinajstić information content (AvgIpc) is 2.69. The number of hydrogen-bond donors (Lipinski definition) is 6. The fourth-order valence-corrected chi connectivity index (χ4v) is 2.81. The van der Waals surface area contributed by atoms with E-state index in [4.69, 9.17) is 19.9 Å². The molecule has 0 bridgehead atoms. The number of anilines is 1. The summed E-state index contributed by atoms with van der Waals surface area (Å²) in [6.45, 7) is -0.422. The van der Waals surface area contributed by atoms with E-state index in [1.807, 2.05) is 0 Å². The number of benzene rings is 2. The third kappa shape index (κ3) is 3.50. The predicted molar refractivity (Wildman–Crippen MR) is 96.0 cm³/mol. The number of carbonyl (C=O) groups is 2. The minimum absolute atomic E-state index is 0.0159. The van der Waals surface area contributed by atoms with Crippen LogP contribution in [0.3, 0.4) is 0 Å². The quantitative estimate of drug-likeness (QED) is 0.206. The van der Waals surface area contributed by atoms with Gasteiger partial charge in [-0.2, -0.15) is 0 Å². The molecule has 11 nitrogen and oxygen atoms in total. The molecule has 0 fully saturated rings. The summed E-state index contributed by atoms with van der Waals surface area (Å²) in [6, 6.07) is 1.62. The monoisotopic (exact) mass is 407 g/mol. The number of cyclic esters (lactones) is 2. The third-order valence-corrected chi connectivity index (χ3v) is 4.18. The molecule has 0 atom stereocenters. The van der Waals surface area contributed by atoms with Crippen LogP contribution in [-0.2, 0) is 14.2 Å². The Labute approximate surface area is 163 Å². The van der Waals surface area contributed by atoms with E-state index in [9.17, 15) is 35.1 Å². The number of fused-ring (bicyclic) bond motifs is 3. The number of esters is 2. The lowest BCUT2D eigenvalue weighted by Gasteiger charge is -2.18. The van der Waals surface area contributed by atoms with E-state index >= 15 is 0 Å². The minimum atomic E-state index is -1.04. The number of nitrogen functional groups attached to an aromatic ring is 1. The zero-order valence-electron chi connectivity index (χ0n) is 14.8. The summed E-state index contributed by atoms with van der Waals surface area (Å²) >= 11 is 0. The van der Waals surface area contributed by atoms with Gasteiger partial charge in [0, 0.05) is 11.1 Å². The highest BCUT2D eigenvalue weighted by atomic mass is 16.6. The van der Waals surface area contributed by atoms with Gasteiger partial charge in [0.25, 0.3) is 0 Å². The molecule has 1 heterocycles. The molecule has 154 valence electrons. The second-order valence-electron chi connectivity index (χ2n) is 5.98. The smallest absolute Gasteiger partial charge is 0.339 e. The van der Waals surface area contributed by atoms with Crippen molar-refractivity contribution >= 4 is 17.6 Å². The summed E-state index contributed by atoms with van der Waals surface area (Å²) in [4.78, 5) is 25.1. The molecule has 2 aromatic carbocycles. The lowest BCUT2D eigenvalue weighted by atomic mass is 9.91. The minimum Gasteiger partial charge on any atom is -0.504 e. The number of carbonyl (C=O) groups excluding carboxylic acids is 2. The van der Waals surface area contributed by atoms with Crippen LogP contribution < -0.4 is 5.73 Å². The summed E-state index contributed by atoms with van der Waals surface area (Å²) in [5, 5.41) is 50.1. The average molecular weight is 407 g/mol. The molecule has 0 aliphatic carbocycles. The zero-order valence-corrected chi connectivity index (χ0v) is 14.8. The van der Waals surface area contributed by atoms with Crippen LogP contribution in [0.15, 0.2) is 12.1 Å². The van der Waals surface area contributed by atoms with Crippen LogP contribution in [-0.4, -0.2) is 63.9 Å².